The second-order valence-corrected chi connectivity index (χ2v) is 9.17. The van der Waals surface area contributed by atoms with E-state index in [-0.39, 0.29) is 42.9 Å². The van der Waals surface area contributed by atoms with Crippen molar-refractivity contribution in [2.45, 2.75) is 43.9 Å². The van der Waals surface area contributed by atoms with Crippen molar-refractivity contribution in [1.82, 2.24) is 4.90 Å². The minimum absolute atomic E-state index is 0.00169. The van der Waals surface area contributed by atoms with Crippen LogP contribution in [0.5, 0.6) is 5.75 Å². The lowest BCUT2D eigenvalue weighted by Gasteiger charge is -2.30. The van der Waals surface area contributed by atoms with Crippen LogP contribution in [0.1, 0.15) is 36.5 Å². The Kier molecular flexibility index (Phi) is 5.42. The van der Waals surface area contributed by atoms with Crippen LogP contribution in [0.3, 0.4) is 0 Å². The molecule has 1 aliphatic carbocycles. The van der Waals surface area contributed by atoms with Gasteiger partial charge in [-0.25, -0.2) is 0 Å². The lowest BCUT2D eigenvalue weighted by molar-refractivity contribution is -0.121. The van der Waals surface area contributed by atoms with Gasteiger partial charge in [0.15, 0.2) is 0 Å². The topological polar surface area (TPSA) is 70.1 Å². The number of carbonyl (C=O) groups excluding carboxylic acids is 2. The first-order valence-electron chi connectivity index (χ1n) is 10.4. The highest BCUT2D eigenvalue weighted by Gasteiger charge is 2.42. The fourth-order valence-electron chi connectivity index (χ4n) is 4.86. The largest absolute Gasteiger partial charge is 0.484 e. The number of aliphatic hydroxyl groups is 1. The summed E-state index contributed by atoms with van der Waals surface area (Å²) in [4.78, 5) is 27.7. The molecule has 2 fully saturated rings. The number of aliphatic hydroxyl groups excluding tert-OH is 1. The van der Waals surface area contributed by atoms with Crippen molar-refractivity contribution in [2.75, 3.05) is 18.0 Å². The van der Waals surface area contributed by atoms with Gasteiger partial charge in [-0.2, -0.15) is 0 Å². The molecule has 2 aromatic rings. The molecular formula is C23H22Cl2N2O4. The van der Waals surface area contributed by atoms with Gasteiger partial charge in [-0.05, 0) is 42.7 Å². The van der Waals surface area contributed by atoms with E-state index in [1.165, 1.54) is 4.90 Å². The number of β-amino-alcohol motifs (C(OH)–C–C–N with tert-alkyl or cyclic N) is 1. The number of benzene rings is 2. The first-order chi connectivity index (χ1) is 14.9. The van der Waals surface area contributed by atoms with Crippen LogP contribution in [-0.2, 0) is 16.0 Å². The Balaban J connectivity index is 1.48. The van der Waals surface area contributed by atoms with Crippen LogP contribution in [0, 0.1) is 0 Å². The monoisotopic (exact) mass is 460 g/mol. The molecule has 6 nitrogen and oxygen atoms in total. The quantitative estimate of drug-likeness (QED) is 0.703. The SMILES string of the molecule is O=C1CCC(=O)N1c1cccc(O[C@H]2c3cc(Cl)cc(Cl)c3C[C@H]2N2CC[C@@H](O)C2)c1. The number of rotatable bonds is 4. The molecule has 162 valence electrons. The highest BCUT2D eigenvalue weighted by molar-refractivity contribution is 6.35. The molecule has 0 bridgehead atoms. The lowest BCUT2D eigenvalue weighted by atomic mass is 10.1. The molecule has 31 heavy (non-hydrogen) atoms. The van der Waals surface area contributed by atoms with E-state index in [0.717, 1.165) is 24.1 Å². The summed E-state index contributed by atoms with van der Waals surface area (Å²) >= 11 is 12.8. The van der Waals surface area contributed by atoms with Gasteiger partial charge in [0.1, 0.15) is 11.9 Å². The number of anilines is 1. The van der Waals surface area contributed by atoms with Gasteiger partial charge in [0.2, 0.25) is 11.8 Å². The molecule has 2 amide bonds. The minimum Gasteiger partial charge on any atom is -0.484 e. The molecule has 3 atom stereocenters. The Hall–Kier alpha value is -2.12. The molecule has 0 spiro atoms. The van der Waals surface area contributed by atoms with Gasteiger partial charge in [0.05, 0.1) is 17.8 Å². The van der Waals surface area contributed by atoms with Crippen LogP contribution in [0.4, 0.5) is 5.69 Å². The van der Waals surface area contributed by atoms with Crippen molar-refractivity contribution in [3.05, 3.63) is 57.6 Å². The Bertz CT molecular complexity index is 1040. The number of fused-ring (bicyclic) bond motifs is 1. The maximum Gasteiger partial charge on any atom is 0.234 e. The van der Waals surface area contributed by atoms with Gasteiger partial charge >= 0.3 is 0 Å². The van der Waals surface area contributed by atoms with E-state index in [0.29, 0.717) is 34.4 Å². The van der Waals surface area contributed by atoms with Gasteiger partial charge in [0.25, 0.3) is 0 Å². The van der Waals surface area contributed by atoms with Gasteiger partial charge in [-0.1, -0.05) is 29.3 Å². The first kappa shape index (κ1) is 20.8. The van der Waals surface area contributed by atoms with E-state index in [4.69, 9.17) is 27.9 Å². The van der Waals surface area contributed by atoms with E-state index in [9.17, 15) is 14.7 Å². The van der Waals surface area contributed by atoms with E-state index < -0.39 is 0 Å². The molecule has 3 aliphatic rings. The van der Waals surface area contributed by atoms with Crippen molar-refractivity contribution >= 4 is 40.7 Å². The van der Waals surface area contributed by atoms with Gasteiger partial charge in [-0.3, -0.25) is 19.4 Å². The molecule has 0 unspecified atom stereocenters. The van der Waals surface area contributed by atoms with Crippen LogP contribution >= 0.6 is 23.2 Å². The molecule has 2 saturated heterocycles. The summed E-state index contributed by atoms with van der Waals surface area (Å²) in [5.41, 5.74) is 2.45. The number of nitrogens with zero attached hydrogens (tertiary/aromatic N) is 2. The third-order valence-corrected chi connectivity index (χ3v) is 6.87. The molecule has 2 aliphatic heterocycles. The van der Waals surface area contributed by atoms with E-state index in [1.54, 1.807) is 24.3 Å². The molecule has 5 rings (SSSR count). The third-order valence-electron chi connectivity index (χ3n) is 6.32. The maximum absolute atomic E-state index is 12.1. The van der Waals surface area contributed by atoms with Crippen LogP contribution < -0.4 is 9.64 Å². The Morgan fingerprint density at radius 2 is 1.84 bits per heavy atom. The summed E-state index contributed by atoms with van der Waals surface area (Å²) in [5.74, 6) is 0.162. The summed E-state index contributed by atoms with van der Waals surface area (Å²) in [6.45, 7) is 1.36. The van der Waals surface area contributed by atoms with Crippen molar-refractivity contribution in [3.8, 4) is 5.75 Å². The van der Waals surface area contributed by atoms with Crippen LogP contribution in [0.25, 0.3) is 0 Å². The fourth-order valence-corrected chi connectivity index (χ4v) is 5.44. The van der Waals surface area contributed by atoms with Crippen LogP contribution in [0.15, 0.2) is 36.4 Å². The van der Waals surface area contributed by atoms with E-state index in [2.05, 4.69) is 4.90 Å². The Morgan fingerprint density at radius 1 is 1.06 bits per heavy atom. The standard InChI is InChI=1S/C23H22Cl2N2O4/c24-13-8-18-17(19(25)9-13)11-20(26-7-6-15(28)12-26)23(18)31-16-3-1-2-14(10-16)27-21(29)4-5-22(27)30/h1-3,8-10,15,20,23,28H,4-7,11-12H2/t15-,20-,23+/m1/s1. The molecule has 1 N–H and O–H groups in total. The molecule has 2 aromatic carbocycles. The van der Waals surface area contributed by atoms with Gasteiger partial charge < -0.3 is 9.84 Å². The highest BCUT2D eigenvalue weighted by Crippen LogP contribution is 2.43. The van der Waals surface area contributed by atoms with Crippen molar-refractivity contribution in [2.24, 2.45) is 0 Å². The number of carbonyl (C=O) groups is 2. The molecule has 8 heteroatoms. The zero-order valence-electron chi connectivity index (χ0n) is 16.8. The number of ether oxygens (including phenoxy) is 1. The van der Waals surface area contributed by atoms with Crippen molar-refractivity contribution < 1.29 is 19.4 Å². The molecular weight excluding hydrogens is 439 g/mol. The van der Waals surface area contributed by atoms with Crippen LogP contribution in [0.2, 0.25) is 10.0 Å². The van der Waals surface area contributed by atoms with Crippen molar-refractivity contribution in [1.29, 1.82) is 0 Å². The molecule has 0 saturated carbocycles. The number of halogens is 2. The van der Waals surface area contributed by atoms with Crippen LogP contribution in [-0.4, -0.2) is 47.1 Å². The summed E-state index contributed by atoms with van der Waals surface area (Å²) in [6.07, 6.45) is 1.21. The summed E-state index contributed by atoms with van der Waals surface area (Å²) < 4.78 is 6.45. The number of hydrogen-bond acceptors (Lipinski definition) is 5. The summed E-state index contributed by atoms with van der Waals surface area (Å²) in [7, 11) is 0. The second-order valence-electron chi connectivity index (χ2n) is 8.32. The summed E-state index contributed by atoms with van der Waals surface area (Å²) in [5, 5.41) is 11.2. The smallest absolute Gasteiger partial charge is 0.234 e. The number of imide groups is 1. The number of amides is 2. The number of hydrogen-bond donors (Lipinski definition) is 1. The lowest BCUT2D eigenvalue weighted by Crippen LogP contribution is -2.39. The Morgan fingerprint density at radius 3 is 2.55 bits per heavy atom. The number of likely N-dealkylation sites (tertiary alicyclic amines) is 1. The summed E-state index contributed by atoms with van der Waals surface area (Å²) in [6, 6.07) is 10.7. The highest BCUT2D eigenvalue weighted by atomic mass is 35.5. The zero-order chi connectivity index (χ0) is 21.7. The first-order valence-corrected chi connectivity index (χ1v) is 11.2. The van der Waals surface area contributed by atoms with Gasteiger partial charge in [0, 0.05) is 47.6 Å². The van der Waals surface area contributed by atoms with Crippen molar-refractivity contribution in [3.63, 3.8) is 0 Å². The third kappa shape index (κ3) is 3.82. The van der Waals surface area contributed by atoms with Gasteiger partial charge in [-0.15, -0.1) is 0 Å². The Labute approximate surface area is 190 Å². The molecule has 0 radical (unpaired) electrons. The predicted octanol–water partition coefficient (Wildman–Crippen LogP) is 3.76. The average molecular weight is 461 g/mol. The fraction of sp³-hybridized carbons (Fsp3) is 0.391. The normalized spacial score (nSPS) is 26.0. The zero-order valence-corrected chi connectivity index (χ0v) is 18.3. The van der Waals surface area contributed by atoms with E-state index in [1.807, 2.05) is 12.1 Å². The average Bonchev–Trinajstić information content (AvgIpc) is 3.40. The molecule has 2 heterocycles. The second kappa shape index (κ2) is 8.10. The predicted molar refractivity (Wildman–Crippen MR) is 118 cm³/mol. The minimum atomic E-state index is -0.348. The maximum atomic E-state index is 12.1. The molecule has 0 aromatic heterocycles. The van der Waals surface area contributed by atoms with E-state index >= 15 is 0 Å².